The molecule has 6 nitrogen and oxygen atoms in total. The quantitative estimate of drug-likeness (QED) is 0.558. The molecular weight excluding hydrogens is 336 g/mol. The Bertz CT molecular complexity index is 572. The van der Waals surface area contributed by atoms with Gasteiger partial charge in [-0.1, -0.05) is 18.2 Å². The normalized spacial score (nSPS) is 18.0. The highest BCUT2D eigenvalue weighted by Crippen LogP contribution is 2.14. The molecule has 1 fully saturated rings. The number of benzene rings is 1. The first-order valence-corrected chi connectivity index (χ1v) is 10.1. The van der Waals surface area contributed by atoms with E-state index < -0.39 is 10.8 Å². The number of nitrogens with one attached hydrogen (secondary N) is 2. The van der Waals surface area contributed by atoms with Crippen LogP contribution in [-0.4, -0.2) is 72.8 Å². The van der Waals surface area contributed by atoms with Gasteiger partial charge in [0.2, 0.25) is 0 Å². The van der Waals surface area contributed by atoms with Crippen LogP contribution < -0.4 is 10.6 Å². The first-order chi connectivity index (χ1) is 12.0. The third-order valence-corrected chi connectivity index (χ3v) is 5.74. The van der Waals surface area contributed by atoms with Gasteiger partial charge in [0.1, 0.15) is 0 Å². The van der Waals surface area contributed by atoms with Crippen LogP contribution in [0, 0.1) is 0 Å². The van der Waals surface area contributed by atoms with Gasteiger partial charge in [0.05, 0.1) is 24.0 Å². The molecule has 1 aromatic rings. The zero-order valence-electron chi connectivity index (χ0n) is 15.5. The highest BCUT2D eigenvalue weighted by Gasteiger charge is 2.28. The Hall–Kier alpha value is -1.44. The average Bonchev–Trinajstić information content (AvgIpc) is 2.65. The number of hydrogen-bond donors (Lipinski definition) is 2. The van der Waals surface area contributed by atoms with Crippen LogP contribution in [0.4, 0.5) is 0 Å². The third kappa shape index (κ3) is 6.41. The molecule has 0 radical (unpaired) electrons. The maximum Gasteiger partial charge on any atom is 0.191 e. The summed E-state index contributed by atoms with van der Waals surface area (Å²) in [5.41, 5.74) is 0.0221. The van der Waals surface area contributed by atoms with Crippen molar-refractivity contribution < 1.29 is 8.95 Å². The highest BCUT2D eigenvalue weighted by atomic mass is 32.2. The molecule has 7 heteroatoms. The molecule has 0 spiro atoms. The summed E-state index contributed by atoms with van der Waals surface area (Å²) in [6.45, 7) is 9.34. The van der Waals surface area contributed by atoms with Crippen LogP contribution in [0.15, 0.2) is 40.2 Å². The van der Waals surface area contributed by atoms with Crippen molar-refractivity contribution in [1.82, 2.24) is 15.5 Å². The van der Waals surface area contributed by atoms with Crippen molar-refractivity contribution in [2.24, 2.45) is 4.99 Å². The fourth-order valence-corrected chi connectivity index (χ4v) is 3.74. The van der Waals surface area contributed by atoms with E-state index >= 15 is 0 Å². The molecule has 1 saturated heterocycles. The summed E-state index contributed by atoms with van der Waals surface area (Å²) in [5.74, 6) is 1.30. The number of rotatable bonds is 7. The Kier molecular flexibility index (Phi) is 7.87. The lowest BCUT2D eigenvalue weighted by Crippen LogP contribution is -2.56. The number of ether oxygens (including phenoxy) is 1. The van der Waals surface area contributed by atoms with Gasteiger partial charge >= 0.3 is 0 Å². The summed E-state index contributed by atoms with van der Waals surface area (Å²) in [4.78, 5) is 7.55. The van der Waals surface area contributed by atoms with E-state index in [0.717, 1.165) is 43.7 Å². The molecule has 0 saturated carbocycles. The number of guanidine groups is 1. The SMILES string of the molecule is CN=C(NCCS(=O)c1ccccc1)NCC(C)(C)N1CCOCC1. The second-order valence-corrected chi connectivity index (χ2v) is 8.20. The van der Waals surface area contributed by atoms with E-state index in [2.05, 4.69) is 34.4 Å². The minimum absolute atomic E-state index is 0.0221. The maximum absolute atomic E-state index is 12.2. The van der Waals surface area contributed by atoms with Crippen molar-refractivity contribution in [3.8, 4) is 0 Å². The maximum atomic E-state index is 12.2. The molecule has 1 unspecified atom stereocenters. The van der Waals surface area contributed by atoms with Gasteiger partial charge in [0, 0.05) is 49.4 Å². The highest BCUT2D eigenvalue weighted by molar-refractivity contribution is 7.85. The van der Waals surface area contributed by atoms with Gasteiger partial charge in [0.25, 0.3) is 0 Å². The molecule has 0 bridgehead atoms. The van der Waals surface area contributed by atoms with E-state index in [-0.39, 0.29) is 5.54 Å². The minimum Gasteiger partial charge on any atom is -0.379 e. The minimum atomic E-state index is -0.994. The monoisotopic (exact) mass is 366 g/mol. The van der Waals surface area contributed by atoms with Gasteiger partial charge in [-0.05, 0) is 26.0 Å². The van der Waals surface area contributed by atoms with E-state index in [1.165, 1.54) is 0 Å². The van der Waals surface area contributed by atoms with Crippen molar-refractivity contribution >= 4 is 16.8 Å². The molecule has 0 aliphatic carbocycles. The number of hydrogen-bond acceptors (Lipinski definition) is 4. The van der Waals surface area contributed by atoms with Crippen molar-refractivity contribution in [3.05, 3.63) is 30.3 Å². The van der Waals surface area contributed by atoms with Crippen LogP contribution >= 0.6 is 0 Å². The van der Waals surface area contributed by atoms with E-state index in [1.807, 2.05) is 30.3 Å². The smallest absolute Gasteiger partial charge is 0.191 e. The lowest BCUT2D eigenvalue weighted by Gasteiger charge is -2.41. The Morgan fingerprint density at radius 1 is 1.24 bits per heavy atom. The summed E-state index contributed by atoms with van der Waals surface area (Å²) < 4.78 is 17.7. The van der Waals surface area contributed by atoms with Gasteiger partial charge in [-0.15, -0.1) is 0 Å². The molecule has 2 N–H and O–H groups in total. The van der Waals surface area contributed by atoms with Gasteiger partial charge in [-0.25, -0.2) is 0 Å². The van der Waals surface area contributed by atoms with Crippen LogP contribution in [-0.2, 0) is 15.5 Å². The van der Waals surface area contributed by atoms with Gasteiger partial charge in [-0.3, -0.25) is 14.1 Å². The molecule has 25 heavy (non-hydrogen) atoms. The lowest BCUT2D eigenvalue weighted by molar-refractivity contribution is -0.00833. The van der Waals surface area contributed by atoms with Crippen LogP contribution in [0.2, 0.25) is 0 Å². The van der Waals surface area contributed by atoms with Gasteiger partial charge in [-0.2, -0.15) is 0 Å². The molecule has 1 atom stereocenters. The fourth-order valence-electron chi connectivity index (χ4n) is 2.75. The van der Waals surface area contributed by atoms with E-state index in [4.69, 9.17) is 4.74 Å². The molecule has 2 rings (SSSR count). The molecule has 1 aliphatic rings. The predicted octanol–water partition coefficient (Wildman–Crippen LogP) is 1.07. The summed E-state index contributed by atoms with van der Waals surface area (Å²) in [6, 6.07) is 9.55. The summed E-state index contributed by atoms with van der Waals surface area (Å²) >= 11 is 0. The molecule has 1 aliphatic heterocycles. The molecule has 1 aromatic carbocycles. The predicted molar refractivity (Wildman–Crippen MR) is 104 cm³/mol. The molecular formula is C18H30N4O2S. The van der Waals surface area contributed by atoms with Crippen molar-refractivity contribution in [2.75, 3.05) is 52.2 Å². The average molecular weight is 367 g/mol. The summed E-state index contributed by atoms with van der Waals surface area (Å²) in [7, 11) is 0.761. The van der Waals surface area contributed by atoms with Crippen molar-refractivity contribution in [3.63, 3.8) is 0 Å². The first kappa shape index (κ1) is 19.9. The Morgan fingerprint density at radius 2 is 1.92 bits per heavy atom. The van der Waals surface area contributed by atoms with E-state index in [0.29, 0.717) is 12.3 Å². The van der Waals surface area contributed by atoms with Crippen LogP contribution in [0.25, 0.3) is 0 Å². The number of morpholine rings is 1. The number of nitrogens with zero attached hydrogens (tertiary/aromatic N) is 2. The summed E-state index contributed by atoms with van der Waals surface area (Å²) in [5, 5.41) is 6.63. The Morgan fingerprint density at radius 3 is 2.56 bits per heavy atom. The molecule has 0 aromatic heterocycles. The van der Waals surface area contributed by atoms with E-state index in [9.17, 15) is 4.21 Å². The second kappa shape index (κ2) is 9.89. The number of aliphatic imine (C=N–C) groups is 1. The molecule has 0 amide bonds. The molecule has 140 valence electrons. The zero-order valence-corrected chi connectivity index (χ0v) is 16.3. The second-order valence-electron chi connectivity index (χ2n) is 6.63. The zero-order chi connectivity index (χ0) is 18.1. The van der Waals surface area contributed by atoms with Crippen molar-refractivity contribution in [2.45, 2.75) is 24.3 Å². The van der Waals surface area contributed by atoms with E-state index in [1.54, 1.807) is 7.05 Å². The van der Waals surface area contributed by atoms with Gasteiger partial charge in [0.15, 0.2) is 5.96 Å². The third-order valence-electron chi connectivity index (χ3n) is 4.37. The lowest BCUT2D eigenvalue weighted by atomic mass is 10.0. The summed E-state index contributed by atoms with van der Waals surface area (Å²) in [6.07, 6.45) is 0. The van der Waals surface area contributed by atoms with Crippen molar-refractivity contribution in [1.29, 1.82) is 0 Å². The van der Waals surface area contributed by atoms with Crippen LogP contribution in [0.3, 0.4) is 0 Å². The standard InChI is InChI=1S/C18H30N4O2S/c1-18(2,22-10-12-24-13-11-22)15-21-17(19-3)20-9-14-25(23)16-7-5-4-6-8-16/h4-8H,9-15H2,1-3H3,(H2,19,20,21). The first-order valence-electron chi connectivity index (χ1n) is 8.74. The fraction of sp³-hybridized carbons (Fsp3) is 0.611. The van der Waals surface area contributed by atoms with Gasteiger partial charge < -0.3 is 15.4 Å². The Balaban J connectivity index is 1.74. The Labute approximate surface area is 153 Å². The largest absolute Gasteiger partial charge is 0.379 e. The van der Waals surface area contributed by atoms with Crippen LogP contribution in [0.5, 0.6) is 0 Å². The van der Waals surface area contributed by atoms with Crippen LogP contribution in [0.1, 0.15) is 13.8 Å². The molecule has 1 heterocycles. The topological polar surface area (TPSA) is 66.0 Å².